The Balaban J connectivity index is 1.70. The number of aromatic nitrogens is 3. The van der Waals surface area contributed by atoms with Crippen LogP contribution in [-0.2, 0) is 33.7 Å². The molecule has 0 radical (unpaired) electrons. The van der Waals surface area contributed by atoms with E-state index in [1.165, 1.54) is 24.7 Å². The first kappa shape index (κ1) is 30.0. The van der Waals surface area contributed by atoms with E-state index in [4.69, 9.17) is 24.5 Å². The molecule has 0 amide bonds. The Bertz CT molecular complexity index is 1180. The Morgan fingerprint density at radius 1 is 1.45 bits per heavy atom. The van der Waals surface area contributed by atoms with Gasteiger partial charge in [0, 0.05) is 6.42 Å². The highest BCUT2D eigenvalue weighted by Crippen LogP contribution is 2.42. The van der Waals surface area contributed by atoms with Crippen molar-refractivity contribution in [3.8, 4) is 6.07 Å². The first-order valence-corrected chi connectivity index (χ1v) is 13.9. The highest BCUT2D eigenvalue weighted by molar-refractivity contribution is 7.36. The molecule has 1 aliphatic rings. The second-order valence-electron chi connectivity index (χ2n) is 9.84. The molecule has 0 spiro atoms. The number of carbonyl (C=O) groups is 1. The summed E-state index contributed by atoms with van der Waals surface area (Å²) in [5.41, 5.74) is 5.31. The largest absolute Gasteiger partial charge is 0.464 e. The highest BCUT2D eigenvalue weighted by atomic mass is 31.1. The van der Waals surface area contributed by atoms with Gasteiger partial charge in [-0.1, -0.05) is 26.7 Å². The summed E-state index contributed by atoms with van der Waals surface area (Å²) in [7, 11) is -2.90. The Kier molecular flexibility index (Phi) is 9.86. The lowest BCUT2D eigenvalue weighted by atomic mass is 9.96. The summed E-state index contributed by atoms with van der Waals surface area (Å²) >= 11 is 0. The molecule has 0 aromatic carbocycles. The minimum absolute atomic E-state index is 0.0324. The number of aliphatic hydroxyl groups is 1. The van der Waals surface area contributed by atoms with Crippen molar-refractivity contribution in [3.63, 3.8) is 0 Å². The molecule has 2 aromatic rings. The molecule has 210 valence electrons. The molecule has 38 heavy (non-hydrogen) atoms. The molecular formula is C24H37N6O7P. The number of hydrogen-bond acceptors (Lipinski definition) is 11. The van der Waals surface area contributed by atoms with E-state index in [-0.39, 0.29) is 24.8 Å². The first-order valence-electron chi connectivity index (χ1n) is 12.6. The molecule has 2 aromatic heterocycles. The summed E-state index contributed by atoms with van der Waals surface area (Å²) in [4.78, 5) is 16.2. The van der Waals surface area contributed by atoms with Crippen LogP contribution < -0.4 is 10.8 Å². The van der Waals surface area contributed by atoms with E-state index < -0.39 is 43.8 Å². The van der Waals surface area contributed by atoms with Crippen LogP contribution in [0.3, 0.4) is 0 Å². The Morgan fingerprint density at radius 3 is 2.79 bits per heavy atom. The molecule has 0 bridgehead atoms. The van der Waals surface area contributed by atoms with E-state index in [1.54, 1.807) is 19.1 Å². The summed E-state index contributed by atoms with van der Waals surface area (Å²) in [6.07, 6.45) is 1.42. The zero-order chi connectivity index (χ0) is 28.1. The Hall–Kier alpha value is -2.59. The molecule has 1 fully saturated rings. The van der Waals surface area contributed by atoms with Gasteiger partial charge < -0.3 is 29.6 Å². The van der Waals surface area contributed by atoms with E-state index in [0.717, 1.165) is 12.8 Å². The molecule has 0 saturated carbocycles. The lowest BCUT2D eigenvalue weighted by Crippen LogP contribution is -2.37. The quantitative estimate of drug-likeness (QED) is 0.187. The first-order chi connectivity index (χ1) is 17.9. The fourth-order valence-electron chi connectivity index (χ4n) is 4.26. The van der Waals surface area contributed by atoms with E-state index >= 15 is 0 Å². The lowest BCUT2D eigenvalue weighted by molar-refractivity contribution is -0.216. The Morgan fingerprint density at radius 2 is 2.16 bits per heavy atom. The van der Waals surface area contributed by atoms with Crippen molar-refractivity contribution in [3.05, 3.63) is 24.2 Å². The van der Waals surface area contributed by atoms with Crippen LogP contribution in [0.15, 0.2) is 18.5 Å². The summed E-state index contributed by atoms with van der Waals surface area (Å²) in [5.74, 6) is -1.56. The topological polar surface area (TPSA) is 183 Å². The predicted octanol–water partition coefficient (Wildman–Crippen LogP) is 2.30. The summed E-state index contributed by atoms with van der Waals surface area (Å²) in [6, 6.07) is 4.68. The van der Waals surface area contributed by atoms with Crippen LogP contribution in [-0.4, -0.2) is 62.9 Å². The van der Waals surface area contributed by atoms with Gasteiger partial charge in [-0.3, -0.25) is 9.36 Å². The van der Waals surface area contributed by atoms with Crippen LogP contribution in [0.4, 0.5) is 5.82 Å². The van der Waals surface area contributed by atoms with Crippen molar-refractivity contribution in [1.29, 1.82) is 5.26 Å². The number of hydrogen-bond donors (Lipinski definition) is 3. The van der Waals surface area contributed by atoms with E-state index in [0.29, 0.717) is 17.8 Å². The molecule has 1 saturated heterocycles. The van der Waals surface area contributed by atoms with Gasteiger partial charge >= 0.3 is 5.97 Å². The molecule has 0 aliphatic carbocycles. The van der Waals surface area contributed by atoms with Crippen molar-refractivity contribution < 1.29 is 33.2 Å². The second-order valence-corrected chi connectivity index (χ2v) is 11.0. The maximum Gasteiger partial charge on any atom is 0.323 e. The van der Waals surface area contributed by atoms with Gasteiger partial charge in [-0.2, -0.15) is 10.4 Å². The number of fused-ring (bicyclic) bond motifs is 1. The minimum Gasteiger partial charge on any atom is -0.464 e. The molecular weight excluding hydrogens is 515 g/mol. The third-order valence-electron chi connectivity index (χ3n) is 6.45. The fraction of sp³-hybridized carbons (Fsp3) is 0.667. The number of anilines is 1. The maximum absolute atomic E-state index is 12.6. The number of nitrogens with zero attached hydrogens (tertiary/aromatic N) is 4. The smallest absolute Gasteiger partial charge is 0.323 e. The Labute approximate surface area is 222 Å². The van der Waals surface area contributed by atoms with Gasteiger partial charge in [0.1, 0.15) is 30.1 Å². The summed E-state index contributed by atoms with van der Waals surface area (Å²) < 4.78 is 36.8. The molecule has 5 atom stereocenters. The predicted molar refractivity (Wildman–Crippen MR) is 138 cm³/mol. The molecule has 3 rings (SSSR count). The normalized spacial score (nSPS) is 23.4. The van der Waals surface area contributed by atoms with Gasteiger partial charge in [0.2, 0.25) is 0 Å². The van der Waals surface area contributed by atoms with Crippen LogP contribution in [0.1, 0.15) is 59.6 Å². The highest BCUT2D eigenvalue weighted by Gasteiger charge is 2.52. The number of nitrogens with one attached hydrogen (secondary N) is 1. The minimum atomic E-state index is -2.90. The summed E-state index contributed by atoms with van der Waals surface area (Å²) in [6.45, 7) is 8.57. The molecule has 4 N–H and O–H groups in total. The van der Waals surface area contributed by atoms with Gasteiger partial charge in [-0.25, -0.2) is 14.6 Å². The molecule has 13 nitrogen and oxygen atoms in total. The third-order valence-corrected chi connectivity index (χ3v) is 7.55. The van der Waals surface area contributed by atoms with Crippen LogP contribution in [0.2, 0.25) is 0 Å². The third kappa shape index (κ3) is 7.08. The van der Waals surface area contributed by atoms with Crippen LogP contribution in [0.5, 0.6) is 0 Å². The zero-order valence-electron chi connectivity index (χ0n) is 22.3. The van der Waals surface area contributed by atoms with Gasteiger partial charge in [-0.05, 0) is 38.8 Å². The fourth-order valence-corrected chi connectivity index (χ4v) is 5.13. The van der Waals surface area contributed by atoms with Crippen molar-refractivity contribution in [1.82, 2.24) is 19.7 Å². The number of nitriles is 1. The van der Waals surface area contributed by atoms with Crippen molar-refractivity contribution in [2.75, 3.05) is 18.9 Å². The number of rotatable bonds is 13. The van der Waals surface area contributed by atoms with Gasteiger partial charge in [0.25, 0.3) is 8.18 Å². The number of esters is 1. The zero-order valence-corrected chi connectivity index (χ0v) is 23.3. The number of carbonyl (C=O) groups excluding carboxylic acids is 1. The monoisotopic (exact) mass is 552 g/mol. The molecule has 1 aliphatic heterocycles. The number of nitrogen functional groups attached to an aromatic ring is 1. The van der Waals surface area contributed by atoms with E-state index in [2.05, 4.69) is 21.2 Å². The van der Waals surface area contributed by atoms with Crippen LogP contribution in [0.25, 0.3) is 5.52 Å². The molecule has 3 heterocycles. The van der Waals surface area contributed by atoms with Crippen LogP contribution >= 0.6 is 8.18 Å². The number of nitrogens with two attached hydrogens (primary N) is 1. The van der Waals surface area contributed by atoms with Gasteiger partial charge in [0.15, 0.2) is 17.2 Å². The maximum atomic E-state index is 12.6. The number of ether oxygens (including phenoxy) is 3. The average molecular weight is 553 g/mol. The second kappa shape index (κ2) is 12.5. The van der Waals surface area contributed by atoms with Crippen LogP contribution in [0, 0.1) is 17.2 Å². The van der Waals surface area contributed by atoms with Crippen molar-refractivity contribution >= 4 is 25.5 Å². The SMILES string of the molecule is CCC(CC)COC(=O)[C@H](C)N[PH](=O)OC[C@H]1O[C@@](C#N)(c2ccc3c(N)ncnn23)C[C@@H]1OC(C)(C)O. The van der Waals surface area contributed by atoms with Gasteiger partial charge in [0.05, 0.1) is 25.0 Å². The van der Waals surface area contributed by atoms with Crippen molar-refractivity contribution in [2.45, 2.75) is 83.5 Å². The van der Waals surface area contributed by atoms with E-state index in [1.807, 2.05) is 13.8 Å². The standard InChI is InChI=1S/C24H37N6O7P/c1-6-16(7-2)11-34-22(31)15(3)29-38(33)35-12-19-18(36-23(4,5)32)10-24(13-25,37-19)20-9-8-17-21(26)27-14-28-30(17)20/h8-9,14-16,18-19,32,38H,6-7,10-12H2,1-5H3,(H,29,33)(H2,26,27,28)/t15-,18-,19+,24-/m0/s1. The molecule has 1 unspecified atom stereocenters. The van der Waals surface area contributed by atoms with Gasteiger partial charge in [-0.15, -0.1) is 0 Å². The van der Waals surface area contributed by atoms with Crippen molar-refractivity contribution in [2.24, 2.45) is 5.92 Å². The lowest BCUT2D eigenvalue weighted by Gasteiger charge is -2.26. The average Bonchev–Trinajstić information content (AvgIpc) is 3.45. The summed E-state index contributed by atoms with van der Waals surface area (Å²) in [5, 5.41) is 27.3. The molecule has 14 heteroatoms. The van der Waals surface area contributed by atoms with E-state index in [9.17, 15) is 19.7 Å².